The number of pyridine rings is 2. The van der Waals surface area contributed by atoms with E-state index in [2.05, 4.69) is 69.1 Å². The molecule has 0 bridgehead atoms. The third kappa shape index (κ3) is 9.51. The van der Waals surface area contributed by atoms with Gasteiger partial charge < -0.3 is 22.1 Å². The molecule has 2 amide bonds. The second-order valence-corrected chi connectivity index (χ2v) is 17.1. The van der Waals surface area contributed by atoms with Crippen molar-refractivity contribution in [2.75, 3.05) is 22.1 Å². The molecule has 0 atom stereocenters. The normalized spacial score (nSPS) is 11.3. The molecular weight excluding hydrogens is 817 g/mol. The topological polar surface area (TPSA) is 212 Å². The van der Waals surface area contributed by atoms with Gasteiger partial charge in [0.25, 0.3) is 11.8 Å². The van der Waals surface area contributed by atoms with Gasteiger partial charge in [0.15, 0.2) is 11.3 Å². The summed E-state index contributed by atoms with van der Waals surface area (Å²) < 4.78 is 0. The third-order valence-corrected chi connectivity index (χ3v) is 11.9. The monoisotopic (exact) mass is 858 g/mol. The summed E-state index contributed by atoms with van der Waals surface area (Å²) in [6.45, 7) is 8.30. The van der Waals surface area contributed by atoms with E-state index in [1.807, 2.05) is 84.9 Å². The van der Waals surface area contributed by atoms with E-state index >= 15 is 0 Å². The zero-order valence-electron chi connectivity index (χ0n) is 34.2. The highest BCUT2D eigenvalue weighted by atomic mass is 32.2. The zero-order valence-corrected chi connectivity index (χ0v) is 35.8. The summed E-state index contributed by atoms with van der Waals surface area (Å²) in [5.41, 5.74) is 23.1. The van der Waals surface area contributed by atoms with Crippen LogP contribution in [0.1, 0.15) is 71.6 Å². The molecule has 310 valence electrons. The highest BCUT2D eigenvalue weighted by molar-refractivity contribution is 7.99. The van der Waals surface area contributed by atoms with Crippen molar-refractivity contribution in [1.82, 2.24) is 40.8 Å². The van der Waals surface area contributed by atoms with Crippen molar-refractivity contribution in [2.45, 2.75) is 59.1 Å². The number of rotatable bonds is 12. The Hall–Kier alpha value is -7.30. The number of hydrogen-bond donors (Lipinski definition) is 6. The van der Waals surface area contributed by atoms with Crippen molar-refractivity contribution >= 4 is 91.8 Å². The molecule has 16 heteroatoms. The van der Waals surface area contributed by atoms with Crippen LogP contribution in [-0.2, 0) is 0 Å². The second kappa shape index (κ2) is 18.1. The number of nitrogens with zero attached hydrogens (tertiary/aromatic N) is 6. The Kier molecular flexibility index (Phi) is 12.1. The quantitative estimate of drug-likeness (QED) is 0.0499. The average Bonchev–Trinajstić information content (AvgIpc) is 3.27. The summed E-state index contributed by atoms with van der Waals surface area (Å²) in [4.78, 5) is 58.3. The Morgan fingerprint density at radius 1 is 0.516 bits per heavy atom. The van der Waals surface area contributed by atoms with E-state index in [1.54, 1.807) is 24.3 Å². The first-order valence-electron chi connectivity index (χ1n) is 19.7. The molecule has 0 spiro atoms. The predicted octanol–water partition coefficient (Wildman–Crippen LogP) is 9.64. The van der Waals surface area contributed by atoms with Crippen molar-refractivity contribution in [3.63, 3.8) is 0 Å². The maximum absolute atomic E-state index is 13.7. The Bertz CT molecular complexity index is 2750. The fraction of sp³-hybridized carbons (Fsp3) is 0.130. The first-order chi connectivity index (χ1) is 30.0. The number of amides is 2. The van der Waals surface area contributed by atoms with Gasteiger partial charge >= 0.3 is 0 Å². The van der Waals surface area contributed by atoms with Gasteiger partial charge in [-0.25, -0.2) is 29.9 Å². The van der Waals surface area contributed by atoms with Crippen molar-refractivity contribution in [2.24, 2.45) is 0 Å². The van der Waals surface area contributed by atoms with Crippen LogP contribution in [0.2, 0.25) is 0 Å². The number of aromatic nitrogens is 6. The van der Waals surface area contributed by atoms with Crippen LogP contribution in [0.25, 0.3) is 22.1 Å². The lowest BCUT2D eigenvalue weighted by molar-refractivity contribution is 0.0846. The van der Waals surface area contributed by atoms with Crippen LogP contribution in [0.15, 0.2) is 141 Å². The van der Waals surface area contributed by atoms with Gasteiger partial charge in [-0.3, -0.25) is 20.4 Å². The molecule has 4 heterocycles. The summed E-state index contributed by atoms with van der Waals surface area (Å²) >= 11 is 2.99. The van der Waals surface area contributed by atoms with Gasteiger partial charge in [-0.05, 0) is 121 Å². The molecule has 4 aromatic heterocycles. The Morgan fingerprint density at radius 3 is 1.31 bits per heavy atom. The number of nitrogens with one attached hydrogen (secondary N) is 4. The van der Waals surface area contributed by atoms with E-state index in [1.165, 1.54) is 36.2 Å². The number of hydrogen-bond acceptors (Lipinski definition) is 14. The molecule has 0 saturated carbocycles. The van der Waals surface area contributed by atoms with Gasteiger partial charge in [0.1, 0.15) is 24.3 Å². The van der Waals surface area contributed by atoms with Crippen LogP contribution >= 0.6 is 23.5 Å². The molecule has 0 aliphatic heterocycles. The number of carbonyl (C=O) groups is 2. The minimum Gasteiger partial charge on any atom is -0.399 e. The minimum atomic E-state index is -0.532. The fourth-order valence-electron chi connectivity index (χ4n) is 6.31. The summed E-state index contributed by atoms with van der Waals surface area (Å²) in [6, 6.07) is 33.3. The smallest absolute Gasteiger partial charge is 0.269 e. The van der Waals surface area contributed by atoms with Crippen molar-refractivity contribution < 1.29 is 9.59 Å². The molecule has 0 radical (unpaired) electrons. The molecule has 8 rings (SSSR count). The van der Waals surface area contributed by atoms with Crippen LogP contribution in [0.3, 0.4) is 0 Å². The molecule has 0 unspecified atom stereocenters. The Labute approximate surface area is 366 Å². The summed E-state index contributed by atoms with van der Waals surface area (Å²) in [5, 5.41) is 8.28. The zero-order chi connectivity index (χ0) is 43.3. The molecule has 14 nitrogen and oxygen atoms in total. The van der Waals surface area contributed by atoms with Gasteiger partial charge in [0.05, 0.1) is 22.1 Å². The third-order valence-electron chi connectivity index (χ3n) is 9.72. The molecule has 0 aliphatic carbocycles. The lowest BCUT2D eigenvalue weighted by Crippen LogP contribution is -2.41. The van der Waals surface area contributed by atoms with Crippen molar-refractivity contribution in [3.8, 4) is 0 Å². The number of benzene rings is 4. The van der Waals surface area contributed by atoms with Crippen molar-refractivity contribution in [1.29, 1.82) is 0 Å². The maximum atomic E-state index is 13.7. The molecule has 0 saturated heterocycles. The van der Waals surface area contributed by atoms with E-state index in [9.17, 15) is 9.59 Å². The summed E-state index contributed by atoms with van der Waals surface area (Å²) in [6.07, 6.45) is 2.92. The van der Waals surface area contributed by atoms with Gasteiger partial charge in [-0.15, -0.1) is 0 Å². The van der Waals surface area contributed by atoms with Crippen LogP contribution in [-0.4, -0.2) is 41.7 Å². The van der Waals surface area contributed by atoms with Gasteiger partial charge in [0.2, 0.25) is 0 Å². The van der Waals surface area contributed by atoms with E-state index < -0.39 is 11.8 Å². The van der Waals surface area contributed by atoms with E-state index in [-0.39, 0.29) is 23.0 Å². The number of nitrogens with two attached hydrogens (primary N) is 2. The van der Waals surface area contributed by atoms with Gasteiger partial charge in [0, 0.05) is 53.5 Å². The van der Waals surface area contributed by atoms with Gasteiger partial charge in [-0.1, -0.05) is 51.2 Å². The fourth-order valence-corrected chi connectivity index (χ4v) is 8.08. The second-order valence-electron chi connectivity index (χ2n) is 14.9. The van der Waals surface area contributed by atoms with Gasteiger partial charge in [-0.2, -0.15) is 0 Å². The van der Waals surface area contributed by atoms with Crippen molar-refractivity contribution in [3.05, 3.63) is 144 Å². The lowest BCUT2D eigenvalue weighted by Gasteiger charge is -2.16. The molecule has 4 aromatic carbocycles. The molecule has 8 aromatic rings. The van der Waals surface area contributed by atoms with E-state index in [0.29, 0.717) is 45.7 Å². The maximum Gasteiger partial charge on any atom is 0.269 e. The highest BCUT2D eigenvalue weighted by Crippen LogP contribution is 2.38. The Morgan fingerprint density at radius 2 is 0.919 bits per heavy atom. The van der Waals surface area contributed by atoms with Crippen LogP contribution in [0.4, 0.5) is 34.4 Å². The van der Waals surface area contributed by atoms with Crippen LogP contribution in [0, 0.1) is 0 Å². The predicted molar refractivity (Wildman–Crippen MR) is 247 cm³/mol. The number of carbonyl (C=O) groups excluding carboxylic acids is 2. The van der Waals surface area contributed by atoms with Crippen LogP contribution < -0.4 is 33.0 Å². The summed E-state index contributed by atoms with van der Waals surface area (Å²) in [7, 11) is 0. The Balaban J connectivity index is 1.05. The molecular formula is C46H42N12O2S2. The average molecular weight is 859 g/mol. The van der Waals surface area contributed by atoms with Crippen LogP contribution in [0.5, 0.6) is 0 Å². The molecule has 8 N–H and O–H groups in total. The first kappa shape index (κ1) is 41.4. The number of nitrogen functional groups attached to an aromatic ring is 2. The minimum absolute atomic E-state index is 0.225. The largest absolute Gasteiger partial charge is 0.399 e. The molecule has 0 fully saturated rings. The first-order valence-corrected chi connectivity index (χ1v) is 21.3. The SMILES string of the molecule is CC(C)c1ccc2c(Nc3cc(C(=O)NNC(=O)c4ccc(Sc5ccc(N)cc5)c(Nc5ncnc6nc(C(C)C)ccc56)c4)ccc3Sc3ccc(N)cc3)ncnc2n1. The van der Waals surface area contributed by atoms with E-state index in [4.69, 9.17) is 21.4 Å². The number of hydrazine groups is 1. The molecule has 62 heavy (non-hydrogen) atoms. The summed E-state index contributed by atoms with van der Waals surface area (Å²) in [5.74, 6) is 0.436. The number of anilines is 6. The highest BCUT2D eigenvalue weighted by Gasteiger charge is 2.18. The van der Waals surface area contributed by atoms with E-state index in [0.717, 1.165) is 41.7 Å². The number of fused-ring (bicyclic) bond motifs is 2. The lowest BCUT2D eigenvalue weighted by atomic mass is 10.1. The molecule has 0 aliphatic rings. The standard InChI is InChI=1S/C46H42N12O2S2/c1-25(2)35-17-15-33-41(53-35)49-23-51-43(33)55-37-21-27(5-19-39(37)61-31-11-7-29(47)8-12-31)45(59)57-58-46(60)28-6-20-40(62-32-13-9-30(48)10-14-32)38(22-28)56-44-34-16-18-36(26(3)4)54-42(34)50-24-52-44/h5-26H,47-48H2,1-4H3,(H,57,59)(H,58,60)(H,49,51,53,55)(H,50,52,54,56).